The van der Waals surface area contributed by atoms with Crippen LogP contribution in [-0.4, -0.2) is 22.2 Å². The van der Waals surface area contributed by atoms with Crippen molar-refractivity contribution in [2.75, 3.05) is 6.61 Å². The molecule has 1 aliphatic rings. The highest BCUT2D eigenvalue weighted by molar-refractivity contribution is 14.1. The largest absolute Gasteiger partial charge is 0.506 e. The number of esters is 1. The van der Waals surface area contributed by atoms with E-state index in [2.05, 4.69) is 15.9 Å². The van der Waals surface area contributed by atoms with Crippen LogP contribution >= 0.6 is 49.9 Å². The maximum Gasteiger partial charge on any atom is 0.338 e. The predicted molar refractivity (Wildman–Crippen MR) is 156 cm³/mol. The van der Waals surface area contributed by atoms with Crippen LogP contribution in [-0.2, 0) is 9.53 Å². The van der Waals surface area contributed by atoms with Crippen molar-refractivity contribution in [2.45, 2.75) is 13.0 Å². The first-order chi connectivity index (χ1) is 18.3. The molecule has 1 aromatic heterocycles. The average molecular weight is 705 g/mol. The first-order valence-corrected chi connectivity index (χ1v) is 14.2. The van der Waals surface area contributed by atoms with Gasteiger partial charge in [-0.1, -0.05) is 69.7 Å². The molecule has 1 atom stereocenters. The lowest BCUT2D eigenvalue weighted by Crippen LogP contribution is -2.40. The number of fused-ring (bicyclic) bond motifs is 1. The van der Waals surface area contributed by atoms with E-state index >= 15 is 0 Å². The normalized spacial score (nSPS) is 15.3. The summed E-state index contributed by atoms with van der Waals surface area (Å²) in [5, 5.41) is 10.6. The Balaban J connectivity index is 1.84. The third kappa shape index (κ3) is 4.99. The smallest absolute Gasteiger partial charge is 0.338 e. The Labute approximate surface area is 242 Å². The highest BCUT2D eigenvalue weighted by atomic mass is 127. The van der Waals surface area contributed by atoms with Crippen LogP contribution in [0.3, 0.4) is 0 Å². The molecule has 192 valence electrons. The maximum atomic E-state index is 13.9. The Morgan fingerprint density at radius 2 is 1.92 bits per heavy atom. The van der Waals surface area contributed by atoms with Crippen molar-refractivity contribution in [2.24, 2.45) is 4.99 Å². The van der Waals surface area contributed by atoms with Crippen molar-refractivity contribution in [3.63, 3.8) is 0 Å². The molecule has 0 saturated carbocycles. The molecular weight excluding hydrogens is 686 g/mol. The van der Waals surface area contributed by atoms with E-state index in [9.17, 15) is 19.1 Å². The lowest BCUT2D eigenvalue weighted by atomic mass is 9.93. The summed E-state index contributed by atoms with van der Waals surface area (Å²) >= 11 is 6.59. The zero-order chi connectivity index (χ0) is 27.0. The van der Waals surface area contributed by atoms with E-state index in [0.717, 1.165) is 15.8 Å². The summed E-state index contributed by atoms with van der Waals surface area (Å²) in [6, 6.07) is 17.4. The summed E-state index contributed by atoms with van der Waals surface area (Å²) in [4.78, 5) is 32.4. The molecule has 0 unspecified atom stereocenters. The minimum Gasteiger partial charge on any atom is -0.506 e. The van der Waals surface area contributed by atoms with E-state index < -0.39 is 23.4 Å². The van der Waals surface area contributed by atoms with Gasteiger partial charge < -0.3 is 9.84 Å². The number of ether oxygens (including phenoxy) is 1. The fourth-order valence-corrected chi connectivity index (χ4v) is 6.78. The number of carbonyl (C=O) groups is 1. The molecular formula is C28H19BrFIN2O4S. The number of aromatic nitrogens is 1. The number of phenols is 1. The van der Waals surface area contributed by atoms with Gasteiger partial charge in [0.1, 0.15) is 11.6 Å². The van der Waals surface area contributed by atoms with Crippen molar-refractivity contribution in [1.82, 2.24) is 4.57 Å². The van der Waals surface area contributed by atoms with Gasteiger partial charge in [0, 0.05) is 15.6 Å². The average Bonchev–Trinajstić information content (AvgIpc) is 3.21. The van der Waals surface area contributed by atoms with Gasteiger partial charge in [0.05, 0.1) is 32.0 Å². The fraction of sp³-hybridized carbons (Fsp3) is 0.107. The number of carbonyl (C=O) groups excluding carboxylic acids is 1. The second-order valence-electron chi connectivity index (χ2n) is 8.31. The number of phenolic OH excluding ortho intramolecular Hbond substituents is 1. The second kappa shape index (κ2) is 11.0. The summed E-state index contributed by atoms with van der Waals surface area (Å²) in [5.74, 6) is -1.00. The van der Waals surface area contributed by atoms with Crippen LogP contribution in [0.15, 0.2) is 86.6 Å². The molecule has 0 fully saturated rings. The number of hydrogen-bond donors (Lipinski definition) is 1. The molecule has 1 N–H and O–H groups in total. The van der Waals surface area contributed by atoms with Crippen molar-refractivity contribution >= 4 is 67.6 Å². The van der Waals surface area contributed by atoms with E-state index in [4.69, 9.17) is 9.73 Å². The number of rotatable bonds is 5. The van der Waals surface area contributed by atoms with Gasteiger partial charge in [0.25, 0.3) is 5.56 Å². The van der Waals surface area contributed by atoms with Gasteiger partial charge in [-0.15, -0.1) is 0 Å². The first kappa shape index (κ1) is 26.5. The molecule has 4 aromatic rings. The topological polar surface area (TPSA) is 80.9 Å². The summed E-state index contributed by atoms with van der Waals surface area (Å²) in [5.41, 5.74) is 1.84. The highest BCUT2D eigenvalue weighted by Crippen LogP contribution is 2.35. The number of aromatic hydroxyl groups is 1. The van der Waals surface area contributed by atoms with E-state index in [1.54, 1.807) is 37.3 Å². The van der Waals surface area contributed by atoms with Gasteiger partial charge in [0.15, 0.2) is 4.80 Å². The molecule has 0 aliphatic carbocycles. The quantitative estimate of drug-likeness (QED) is 0.230. The minimum absolute atomic E-state index is 0.0481. The van der Waals surface area contributed by atoms with Crippen molar-refractivity contribution in [3.8, 4) is 5.75 Å². The minimum atomic E-state index is -0.903. The Bertz CT molecular complexity index is 1770. The molecule has 10 heteroatoms. The molecule has 1 aliphatic heterocycles. The van der Waals surface area contributed by atoms with Crippen LogP contribution in [0.25, 0.3) is 11.8 Å². The molecule has 5 rings (SSSR count). The Kier molecular flexibility index (Phi) is 7.64. The monoisotopic (exact) mass is 704 g/mol. The van der Waals surface area contributed by atoms with Crippen LogP contribution in [0.1, 0.15) is 29.7 Å². The van der Waals surface area contributed by atoms with Crippen LogP contribution in [0.4, 0.5) is 4.39 Å². The molecule has 0 amide bonds. The van der Waals surface area contributed by atoms with Crippen LogP contribution in [0.5, 0.6) is 5.75 Å². The number of nitrogens with zero attached hydrogens (tertiary/aromatic N) is 2. The SMILES string of the molecule is CCOC(=O)C1=C(c2ccccc2)N=c2s/c(=C\c3cc(Br)cc(I)c3O)c(=O)n2[C@H]1c1ccc(F)cc1. The number of hydrogen-bond acceptors (Lipinski definition) is 6. The lowest BCUT2D eigenvalue weighted by Gasteiger charge is -2.25. The van der Waals surface area contributed by atoms with Gasteiger partial charge in [-0.3, -0.25) is 9.36 Å². The van der Waals surface area contributed by atoms with Gasteiger partial charge in [0.2, 0.25) is 0 Å². The second-order valence-corrected chi connectivity index (χ2v) is 11.4. The van der Waals surface area contributed by atoms with Gasteiger partial charge in [-0.2, -0.15) is 0 Å². The Morgan fingerprint density at radius 1 is 1.21 bits per heavy atom. The molecule has 2 heterocycles. The van der Waals surface area contributed by atoms with Crippen molar-refractivity contribution in [3.05, 3.63) is 123 Å². The molecule has 0 bridgehead atoms. The number of thiazole rings is 1. The Morgan fingerprint density at radius 3 is 2.61 bits per heavy atom. The van der Waals surface area contributed by atoms with E-state index in [1.807, 2.05) is 52.9 Å². The first-order valence-electron chi connectivity index (χ1n) is 11.5. The third-order valence-electron chi connectivity index (χ3n) is 5.90. The predicted octanol–water partition coefficient (Wildman–Crippen LogP) is 5.15. The van der Waals surface area contributed by atoms with Crippen LogP contribution in [0.2, 0.25) is 0 Å². The zero-order valence-corrected chi connectivity index (χ0v) is 24.4. The summed E-state index contributed by atoms with van der Waals surface area (Å²) in [7, 11) is 0. The van der Waals surface area contributed by atoms with Crippen molar-refractivity contribution in [1.29, 1.82) is 0 Å². The van der Waals surface area contributed by atoms with E-state index in [0.29, 0.717) is 35.3 Å². The molecule has 0 radical (unpaired) electrons. The summed E-state index contributed by atoms with van der Waals surface area (Å²) in [6.07, 6.45) is 1.60. The molecule has 3 aromatic carbocycles. The maximum absolute atomic E-state index is 13.9. The van der Waals surface area contributed by atoms with E-state index in [-0.39, 0.29) is 17.9 Å². The molecule has 6 nitrogen and oxygen atoms in total. The van der Waals surface area contributed by atoms with E-state index in [1.165, 1.54) is 16.7 Å². The molecule has 38 heavy (non-hydrogen) atoms. The fourth-order valence-electron chi connectivity index (χ4n) is 4.24. The van der Waals surface area contributed by atoms with Gasteiger partial charge in [-0.25, -0.2) is 14.2 Å². The third-order valence-corrected chi connectivity index (χ3v) is 8.17. The Hall–Kier alpha value is -3.09. The molecule has 0 spiro atoms. The zero-order valence-electron chi connectivity index (χ0n) is 19.8. The number of benzene rings is 3. The standard InChI is InChI=1S/C28H19BrFIN2O4S/c1-2-37-27(36)22-23(15-6-4-3-5-7-15)32-28-33(24(22)16-8-10-19(30)11-9-16)26(35)21(38-28)13-17-12-18(29)14-20(31)25(17)34/h3-14,24,34H,2H2,1H3/b21-13-/t24-/m0/s1. The summed E-state index contributed by atoms with van der Waals surface area (Å²) in [6.45, 7) is 1.83. The highest BCUT2D eigenvalue weighted by Gasteiger charge is 2.35. The summed E-state index contributed by atoms with van der Waals surface area (Å²) < 4.78 is 22.4. The molecule has 0 saturated heterocycles. The van der Waals surface area contributed by atoms with Gasteiger partial charge >= 0.3 is 5.97 Å². The number of halogens is 3. The van der Waals surface area contributed by atoms with Crippen molar-refractivity contribution < 1.29 is 19.0 Å². The van der Waals surface area contributed by atoms with Crippen LogP contribution < -0.4 is 14.9 Å². The van der Waals surface area contributed by atoms with Crippen LogP contribution in [0, 0.1) is 9.39 Å². The van der Waals surface area contributed by atoms with Gasteiger partial charge in [-0.05, 0) is 65.4 Å². The lowest BCUT2D eigenvalue weighted by molar-refractivity contribution is -0.138.